The fraction of sp³-hybridized carbons (Fsp3) is 0. The zero-order valence-electron chi connectivity index (χ0n) is 7.52. The monoisotopic (exact) mass is 230 g/mol. The van der Waals surface area contributed by atoms with Crippen LogP contribution in [-0.4, -0.2) is 17.0 Å². The number of hydrogen-bond acceptors (Lipinski definition) is 2. The van der Waals surface area contributed by atoms with Crippen molar-refractivity contribution in [2.75, 3.05) is 0 Å². The van der Waals surface area contributed by atoms with Gasteiger partial charge >= 0.3 is 5.96 Å². The van der Waals surface area contributed by atoms with Gasteiger partial charge < -0.3 is 5.21 Å². The lowest BCUT2D eigenvalue weighted by Crippen LogP contribution is -2.30. The van der Waals surface area contributed by atoms with E-state index in [0.717, 1.165) is 12.3 Å². The molecule has 0 saturated carbocycles. The number of hydrazone groups is 1. The minimum absolute atomic E-state index is 0.0390. The molecule has 1 rings (SSSR count). The average molecular weight is 231 g/mol. The Morgan fingerprint density at radius 2 is 2.20 bits per heavy atom. The molecule has 5 nitrogen and oxygen atoms in total. The first-order chi connectivity index (χ1) is 7.00. The van der Waals surface area contributed by atoms with Gasteiger partial charge in [-0.1, -0.05) is 17.7 Å². The molecule has 0 bridgehead atoms. The molecule has 0 aliphatic heterocycles. The lowest BCUT2D eigenvalue weighted by molar-refractivity contribution is -0.463. The van der Waals surface area contributed by atoms with E-state index < -0.39 is 11.8 Å². The molecule has 4 N–H and O–H groups in total. The summed E-state index contributed by atoms with van der Waals surface area (Å²) in [5.74, 6) is -1.03. The highest BCUT2D eigenvalue weighted by molar-refractivity contribution is 6.31. The Bertz CT molecular complexity index is 429. The van der Waals surface area contributed by atoms with Gasteiger partial charge in [0.25, 0.3) is 0 Å². The molecule has 0 amide bonds. The Hall–Kier alpha value is -1.82. The van der Waals surface area contributed by atoms with Crippen molar-refractivity contribution >= 4 is 23.8 Å². The van der Waals surface area contributed by atoms with E-state index in [2.05, 4.69) is 5.10 Å². The van der Waals surface area contributed by atoms with Crippen LogP contribution in [0.1, 0.15) is 5.56 Å². The summed E-state index contributed by atoms with van der Waals surface area (Å²) in [6.45, 7) is 0. The SMILES string of the molecule is NC(N)=[N+]([O-])N=Cc1ccc(F)c(Cl)c1. The molecular formula is C8H8ClFN4O. The van der Waals surface area contributed by atoms with Gasteiger partial charge in [0.2, 0.25) is 0 Å². The van der Waals surface area contributed by atoms with Crippen molar-refractivity contribution in [1.29, 1.82) is 0 Å². The van der Waals surface area contributed by atoms with Gasteiger partial charge in [0.15, 0.2) is 0 Å². The van der Waals surface area contributed by atoms with Gasteiger partial charge in [-0.15, -0.1) is 9.95 Å². The second kappa shape index (κ2) is 4.61. The normalized spacial score (nSPS) is 10.5. The molecule has 0 heterocycles. The van der Waals surface area contributed by atoms with Crippen LogP contribution in [-0.2, 0) is 0 Å². The number of hydrogen-bond donors (Lipinski definition) is 2. The molecule has 0 saturated heterocycles. The van der Waals surface area contributed by atoms with Crippen LogP contribution in [0.25, 0.3) is 0 Å². The quantitative estimate of drug-likeness (QED) is 0.256. The number of nitrogens with zero attached hydrogens (tertiary/aromatic N) is 2. The zero-order chi connectivity index (χ0) is 11.4. The smallest absolute Gasteiger partial charge is 0.366 e. The Labute approximate surface area is 90.0 Å². The molecule has 0 unspecified atom stereocenters. The van der Waals surface area contributed by atoms with Crippen LogP contribution in [0.15, 0.2) is 23.3 Å². The van der Waals surface area contributed by atoms with E-state index in [-0.39, 0.29) is 9.87 Å². The van der Waals surface area contributed by atoms with Gasteiger partial charge in [-0.25, -0.2) is 4.39 Å². The minimum Gasteiger partial charge on any atom is -0.722 e. The summed E-state index contributed by atoms with van der Waals surface area (Å²) in [5.41, 5.74) is 10.4. The molecule has 0 radical (unpaired) electrons. The highest BCUT2D eigenvalue weighted by Gasteiger charge is 1.98. The van der Waals surface area contributed by atoms with Crippen LogP contribution < -0.4 is 11.5 Å². The van der Waals surface area contributed by atoms with Gasteiger partial charge in [0.1, 0.15) is 5.82 Å². The molecule has 1 aromatic carbocycles. The van der Waals surface area contributed by atoms with Crippen molar-refractivity contribution in [3.8, 4) is 0 Å². The summed E-state index contributed by atoms with van der Waals surface area (Å²) in [6.07, 6.45) is 1.16. The number of nitrogens with two attached hydrogens (primary N) is 2. The largest absolute Gasteiger partial charge is 0.722 e. The maximum absolute atomic E-state index is 12.7. The molecule has 7 heteroatoms. The van der Waals surface area contributed by atoms with Crippen LogP contribution >= 0.6 is 11.6 Å². The van der Waals surface area contributed by atoms with Gasteiger partial charge in [-0.3, -0.25) is 11.5 Å². The van der Waals surface area contributed by atoms with Gasteiger partial charge in [-0.2, -0.15) is 0 Å². The third-order valence-corrected chi connectivity index (χ3v) is 1.77. The number of rotatable bonds is 2. The minimum atomic E-state index is -0.544. The molecule has 0 atom stereocenters. The molecule has 0 fully saturated rings. The third-order valence-electron chi connectivity index (χ3n) is 1.48. The molecule has 15 heavy (non-hydrogen) atoms. The number of benzene rings is 1. The van der Waals surface area contributed by atoms with E-state index in [4.69, 9.17) is 23.1 Å². The van der Waals surface area contributed by atoms with Crippen molar-refractivity contribution in [1.82, 2.24) is 0 Å². The number of guanidine groups is 1. The van der Waals surface area contributed by atoms with Crippen molar-refractivity contribution in [2.45, 2.75) is 0 Å². The molecule has 0 aromatic heterocycles. The fourth-order valence-electron chi connectivity index (χ4n) is 0.778. The van der Waals surface area contributed by atoms with Crippen LogP contribution in [0.2, 0.25) is 5.02 Å². The maximum Gasteiger partial charge on any atom is 0.366 e. The van der Waals surface area contributed by atoms with Crippen molar-refractivity contribution < 1.29 is 9.24 Å². The van der Waals surface area contributed by atoms with Crippen LogP contribution in [0.3, 0.4) is 0 Å². The Morgan fingerprint density at radius 3 is 2.73 bits per heavy atom. The number of halogens is 2. The highest BCUT2D eigenvalue weighted by Crippen LogP contribution is 2.14. The van der Waals surface area contributed by atoms with Gasteiger partial charge in [0, 0.05) is 0 Å². The molecule has 0 spiro atoms. The fourth-order valence-corrected chi connectivity index (χ4v) is 0.967. The first-order valence-electron chi connectivity index (χ1n) is 3.85. The summed E-state index contributed by atoms with van der Waals surface area (Å²) >= 11 is 5.51. The second-order valence-corrected chi connectivity index (χ2v) is 3.02. The second-order valence-electron chi connectivity index (χ2n) is 2.62. The standard InChI is InChI=1S/C8H8ClFN4O/c9-6-3-5(1-2-7(6)10)4-13-14(15)8(11)12/h1-4H,11-12H2. The van der Waals surface area contributed by atoms with Crippen molar-refractivity contribution in [2.24, 2.45) is 16.6 Å². The topological polar surface area (TPSA) is 90.5 Å². The molecule has 0 aliphatic rings. The van der Waals surface area contributed by atoms with E-state index in [1.807, 2.05) is 0 Å². The van der Waals surface area contributed by atoms with E-state index in [1.165, 1.54) is 12.1 Å². The summed E-state index contributed by atoms with van der Waals surface area (Å²) < 4.78 is 12.7. The predicted octanol–water partition coefficient (Wildman–Crippen LogP) is 0.597. The summed E-state index contributed by atoms with van der Waals surface area (Å²) in [6, 6.07) is 3.89. The summed E-state index contributed by atoms with van der Waals surface area (Å²) in [5, 5.41) is 14.1. The van der Waals surface area contributed by atoms with Gasteiger partial charge in [-0.05, 0) is 17.7 Å². The molecule has 1 aromatic rings. The highest BCUT2D eigenvalue weighted by atomic mass is 35.5. The van der Waals surface area contributed by atoms with Crippen molar-refractivity contribution in [3.05, 3.63) is 39.8 Å². The third kappa shape index (κ3) is 3.10. The predicted molar refractivity (Wildman–Crippen MR) is 56.0 cm³/mol. The van der Waals surface area contributed by atoms with E-state index >= 15 is 0 Å². The van der Waals surface area contributed by atoms with Crippen LogP contribution in [0.5, 0.6) is 0 Å². The Morgan fingerprint density at radius 1 is 1.53 bits per heavy atom. The lowest BCUT2D eigenvalue weighted by Gasteiger charge is -2.02. The lowest BCUT2D eigenvalue weighted by atomic mass is 10.2. The average Bonchev–Trinajstić information content (AvgIpc) is 2.19. The summed E-state index contributed by atoms with van der Waals surface area (Å²) in [7, 11) is 0. The van der Waals surface area contributed by atoms with Crippen LogP contribution in [0, 0.1) is 11.0 Å². The van der Waals surface area contributed by atoms with Crippen LogP contribution in [0.4, 0.5) is 4.39 Å². The van der Waals surface area contributed by atoms with Crippen molar-refractivity contribution in [3.63, 3.8) is 0 Å². The van der Waals surface area contributed by atoms with E-state index in [0.29, 0.717) is 5.56 Å². The zero-order valence-corrected chi connectivity index (χ0v) is 8.28. The molecule has 80 valence electrons. The molecular weight excluding hydrogens is 223 g/mol. The molecule has 0 aliphatic carbocycles. The summed E-state index contributed by atoms with van der Waals surface area (Å²) in [4.78, 5) is 0.0390. The Kier molecular flexibility index (Phi) is 3.46. The van der Waals surface area contributed by atoms with E-state index in [9.17, 15) is 9.60 Å². The van der Waals surface area contributed by atoms with Gasteiger partial charge in [0.05, 0.1) is 11.2 Å². The van der Waals surface area contributed by atoms with E-state index in [1.54, 1.807) is 0 Å². The first kappa shape index (κ1) is 11.3. The Balaban J connectivity index is 2.91. The first-order valence-corrected chi connectivity index (χ1v) is 4.22. The maximum atomic E-state index is 12.7.